The van der Waals surface area contributed by atoms with E-state index in [9.17, 15) is 22.8 Å². The quantitative estimate of drug-likeness (QED) is 0.488. The van der Waals surface area contributed by atoms with Gasteiger partial charge < -0.3 is 5.32 Å². The highest BCUT2D eigenvalue weighted by molar-refractivity contribution is 8.00. The fraction of sp³-hybridized carbons (Fsp3) is 0.263. The summed E-state index contributed by atoms with van der Waals surface area (Å²) in [6.07, 6.45) is -1.28. The van der Waals surface area contributed by atoms with Crippen LogP contribution < -0.4 is 10.9 Å². The maximum Gasteiger partial charge on any atom is 0.405 e. The predicted octanol–water partition coefficient (Wildman–Crippen LogP) is 3.00. The van der Waals surface area contributed by atoms with Crippen LogP contribution in [-0.2, 0) is 11.3 Å². The molecule has 0 saturated carbocycles. The Hall–Kier alpha value is -2.88. The number of halogens is 3. The zero-order valence-corrected chi connectivity index (χ0v) is 16.1. The smallest absolute Gasteiger partial charge is 0.346 e. The number of pyridine rings is 1. The number of benzene rings is 1. The molecule has 6 nitrogen and oxygen atoms in total. The first kappa shape index (κ1) is 20.8. The summed E-state index contributed by atoms with van der Waals surface area (Å²) in [5.74, 6) is -0.789. The van der Waals surface area contributed by atoms with Gasteiger partial charge in [-0.3, -0.25) is 19.1 Å². The third kappa shape index (κ3) is 5.35. The molecule has 0 radical (unpaired) electrons. The van der Waals surface area contributed by atoms with Crippen molar-refractivity contribution in [1.82, 2.24) is 19.9 Å². The zero-order chi connectivity index (χ0) is 21.0. The van der Waals surface area contributed by atoms with E-state index in [1.165, 1.54) is 11.5 Å². The maximum absolute atomic E-state index is 13.0. The van der Waals surface area contributed by atoms with Crippen molar-refractivity contribution in [2.45, 2.75) is 30.1 Å². The lowest BCUT2D eigenvalue weighted by molar-refractivity contribution is -0.137. The number of amides is 1. The number of nitrogens with one attached hydrogen (secondary N) is 1. The predicted molar refractivity (Wildman–Crippen MR) is 104 cm³/mol. The second-order valence-electron chi connectivity index (χ2n) is 6.26. The standard InChI is InChI=1S/C19H17F3N4O2S/c1-12(16(27)24-11-19(20,21)22)29-18-25-15-7-3-2-6-14(15)17(28)26(18)10-13-5-4-8-23-9-13/h2-9,12H,10-11H2,1H3,(H,24,27). The summed E-state index contributed by atoms with van der Waals surface area (Å²) < 4.78 is 38.5. The van der Waals surface area contributed by atoms with Gasteiger partial charge in [-0.1, -0.05) is 30.0 Å². The first-order chi connectivity index (χ1) is 13.7. The molecule has 2 heterocycles. The number of para-hydroxylation sites is 1. The highest BCUT2D eigenvalue weighted by Crippen LogP contribution is 2.23. The van der Waals surface area contributed by atoms with Gasteiger partial charge in [-0.2, -0.15) is 13.2 Å². The van der Waals surface area contributed by atoms with Crippen LogP contribution in [0.4, 0.5) is 13.2 Å². The summed E-state index contributed by atoms with van der Waals surface area (Å²) in [6, 6.07) is 10.3. The number of rotatable bonds is 6. The van der Waals surface area contributed by atoms with Crippen molar-refractivity contribution in [3.63, 3.8) is 0 Å². The molecule has 0 saturated heterocycles. The van der Waals surface area contributed by atoms with Gasteiger partial charge in [0.15, 0.2) is 5.16 Å². The van der Waals surface area contributed by atoms with Crippen molar-refractivity contribution in [2.24, 2.45) is 0 Å². The van der Waals surface area contributed by atoms with E-state index in [0.717, 1.165) is 17.3 Å². The molecule has 0 aliphatic heterocycles. The van der Waals surface area contributed by atoms with E-state index in [1.54, 1.807) is 48.8 Å². The zero-order valence-electron chi connectivity index (χ0n) is 15.3. The maximum atomic E-state index is 13.0. The van der Waals surface area contributed by atoms with Gasteiger partial charge in [-0.25, -0.2) is 4.98 Å². The molecular formula is C19H17F3N4O2S. The van der Waals surface area contributed by atoms with Crippen molar-refractivity contribution < 1.29 is 18.0 Å². The number of hydrogen-bond donors (Lipinski definition) is 1. The second-order valence-corrected chi connectivity index (χ2v) is 7.57. The molecule has 1 N–H and O–H groups in total. The van der Waals surface area contributed by atoms with Crippen molar-refractivity contribution in [1.29, 1.82) is 0 Å². The first-order valence-electron chi connectivity index (χ1n) is 8.64. The van der Waals surface area contributed by atoms with Crippen LogP contribution in [0.15, 0.2) is 58.7 Å². The van der Waals surface area contributed by atoms with Gasteiger partial charge in [0.1, 0.15) is 6.54 Å². The average Bonchev–Trinajstić information content (AvgIpc) is 2.69. The van der Waals surface area contributed by atoms with E-state index in [0.29, 0.717) is 10.9 Å². The molecule has 0 aliphatic rings. The number of aromatic nitrogens is 3. The lowest BCUT2D eigenvalue weighted by Crippen LogP contribution is -2.38. The van der Waals surface area contributed by atoms with Crippen molar-refractivity contribution in [3.8, 4) is 0 Å². The second kappa shape index (κ2) is 8.64. The summed E-state index contributed by atoms with van der Waals surface area (Å²) in [7, 11) is 0. The molecule has 2 aromatic heterocycles. The Morgan fingerprint density at radius 1 is 1.24 bits per heavy atom. The van der Waals surface area contributed by atoms with Crippen LogP contribution in [0.2, 0.25) is 0 Å². The van der Waals surface area contributed by atoms with Gasteiger partial charge in [-0.05, 0) is 30.7 Å². The van der Waals surface area contributed by atoms with E-state index in [4.69, 9.17) is 0 Å². The van der Waals surface area contributed by atoms with Crippen molar-refractivity contribution in [2.75, 3.05) is 6.54 Å². The molecule has 3 rings (SSSR count). The number of hydrogen-bond acceptors (Lipinski definition) is 5. The average molecular weight is 422 g/mol. The van der Waals surface area contributed by atoms with Crippen LogP contribution >= 0.6 is 11.8 Å². The minimum absolute atomic E-state index is 0.170. The Labute approximate surface area is 168 Å². The van der Waals surface area contributed by atoms with Gasteiger partial charge in [-0.15, -0.1) is 0 Å². The fourth-order valence-electron chi connectivity index (χ4n) is 2.59. The summed E-state index contributed by atoms with van der Waals surface area (Å²) in [5.41, 5.74) is 0.901. The molecule has 0 aliphatic carbocycles. The van der Waals surface area contributed by atoms with Crippen LogP contribution in [0, 0.1) is 0 Å². The number of thioether (sulfide) groups is 1. The number of carbonyl (C=O) groups excluding carboxylic acids is 1. The summed E-state index contributed by atoms with van der Waals surface area (Å²) in [6.45, 7) is 0.222. The molecule has 0 bridgehead atoms. The minimum atomic E-state index is -4.50. The van der Waals surface area contributed by atoms with Gasteiger partial charge in [0.05, 0.1) is 22.7 Å². The Morgan fingerprint density at radius 2 is 2.00 bits per heavy atom. The lowest BCUT2D eigenvalue weighted by Gasteiger charge is -2.17. The van der Waals surface area contributed by atoms with E-state index >= 15 is 0 Å². The molecular weight excluding hydrogens is 405 g/mol. The Morgan fingerprint density at radius 3 is 2.69 bits per heavy atom. The lowest BCUT2D eigenvalue weighted by atomic mass is 10.2. The third-order valence-electron chi connectivity index (χ3n) is 4.00. The fourth-order valence-corrected chi connectivity index (χ4v) is 3.53. The largest absolute Gasteiger partial charge is 0.405 e. The molecule has 10 heteroatoms. The molecule has 0 fully saturated rings. The summed E-state index contributed by atoms with van der Waals surface area (Å²) in [4.78, 5) is 33.5. The van der Waals surface area contributed by atoms with Crippen LogP contribution in [-0.4, -0.2) is 38.4 Å². The van der Waals surface area contributed by atoms with Crippen LogP contribution in [0.5, 0.6) is 0 Å². The van der Waals surface area contributed by atoms with E-state index in [-0.39, 0.29) is 17.3 Å². The summed E-state index contributed by atoms with van der Waals surface area (Å²) >= 11 is 0.929. The molecule has 1 aromatic carbocycles. The number of carbonyl (C=O) groups is 1. The Balaban J connectivity index is 1.94. The Bertz CT molecular complexity index is 1070. The van der Waals surface area contributed by atoms with Gasteiger partial charge in [0.25, 0.3) is 5.56 Å². The number of nitrogens with zero attached hydrogens (tertiary/aromatic N) is 3. The molecule has 152 valence electrons. The first-order valence-corrected chi connectivity index (χ1v) is 9.52. The van der Waals surface area contributed by atoms with Gasteiger partial charge in [0, 0.05) is 12.4 Å². The van der Waals surface area contributed by atoms with E-state index in [2.05, 4.69) is 9.97 Å². The Kier molecular flexibility index (Phi) is 6.21. The molecule has 3 aromatic rings. The molecule has 1 amide bonds. The van der Waals surface area contributed by atoms with E-state index < -0.39 is 23.9 Å². The third-order valence-corrected chi connectivity index (χ3v) is 5.09. The van der Waals surface area contributed by atoms with E-state index in [1.807, 2.05) is 5.32 Å². The van der Waals surface area contributed by atoms with Crippen LogP contribution in [0.3, 0.4) is 0 Å². The molecule has 1 unspecified atom stereocenters. The molecule has 0 spiro atoms. The summed E-state index contributed by atoms with van der Waals surface area (Å²) in [5, 5.41) is 1.62. The minimum Gasteiger partial charge on any atom is -0.346 e. The highest BCUT2D eigenvalue weighted by Gasteiger charge is 2.29. The SMILES string of the molecule is CC(Sc1nc2ccccc2c(=O)n1Cc1cccnc1)C(=O)NCC(F)(F)F. The van der Waals surface area contributed by atoms with Gasteiger partial charge in [0.2, 0.25) is 5.91 Å². The van der Waals surface area contributed by atoms with Crippen molar-refractivity contribution in [3.05, 3.63) is 64.7 Å². The molecule has 1 atom stereocenters. The number of alkyl halides is 3. The van der Waals surface area contributed by atoms with Crippen molar-refractivity contribution >= 4 is 28.6 Å². The normalized spacial score (nSPS) is 12.7. The topological polar surface area (TPSA) is 76.9 Å². The van der Waals surface area contributed by atoms with Crippen LogP contribution in [0.1, 0.15) is 12.5 Å². The number of fused-ring (bicyclic) bond motifs is 1. The monoisotopic (exact) mass is 422 g/mol. The van der Waals surface area contributed by atoms with Crippen LogP contribution in [0.25, 0.3) is 10.9 Å². The van der Waals surface area contributed by atoms with Gasteiger partial charge >= 0.3 is 6.18 Å². The highest BCUT2D eigenvalue weighted by atomic mass is 32.2. The molecule has 29 heavy (non-hydrogen) atoms.